The highest BCUT2D eigenvalue weighted by Gasteiger charge is 2.14. The number of hydrogen-bond acceptors (Lipinski definition) is 1. The Kier molecular flexibility index (Phi) is 9.41. The normalized spacial score (nSPS) is 12.8. The van der Waals surface area contributed by atoms with E-state index in [1.807, 2.05) is 0 Å². The van der Waals surface area contributed by atoms with Crippen molar-refractivity contribution in [2.75, 3.05) is 6.54 Å². The summed E-state index contributed by atoms with van der Waals surface area (Å²) in [5.41, 5.74) is 2.87. The monoisotopic (exact) mass is 289 g/mol. The summed E-state index contributed by atoms with van der Waals surface area (Å²) >= 11 is 0. The summed E-state index contributed by atoms with van der Waals surface area (Å²) in [4.78, 5) is 0. The lowest BCUT2D eigenvalue weighted by molar-refractivity contribution is 0.404. The molecular weight excluding hydrogens is 254 g/mol. The van der Waals surface area contributed by atoms with Crippen molar-refractivity contribution >= 4 is 0 Å². The lowest BCUT2D eigenvalue weighted by Gasteiger charge is -2.23. The van der Waals surface area contributed by atoms with Crippen LogP contribution in [0.5, 0.6) is 0 Å². The third-order valence-electron chi connectivity index (χ3n) is 4.31. The second-order valence-corrected chi connectivity index (χ2v) is 6.54. The number of nitrogens with one attached hydrogen (secondary N) is 1. The minimum absolute atomic E-state index is 0.492. The van der Waals surface area contributed by atoms with Crippen LogP contribution in [0, 0.1) is 5.92 Å². The Labute approximate surface area is 132 Å². The summed E-state index contributed by atoms with van der Waals surface area (Å²) in [5.74, 6) is 0.637. The maximum Gasteiger partial charge on any atom is 0.0343 e. The highest BCUT2D eigenvalue weighted by Crippen LogP contribution is 2.22. The van der Waals surface area contributed by atoms with Gasteiger partial charge in [-0.3, -0.25) is 0 Å². The van der Waals surface area contributed by atoms with Gasteiger partial charge in [0.15, 0.2) is 0 Å². The molecule has 1 N–H and O–H groups in total. The van der Waals surface area contributed by atoms with Crippen LogP contribution in [0.15, 0.2) is 24.3 Å². The van der Waals surface area contributed by atoms with Crippen molar-refractivity contribution in [1.82, 2.24) is 5.32 Å². The Bertz CT molecular complexity index is 353. The molecule has 21 heavy (non-hydrogen) atoms. The highest BCUT2D eigenvalue weighted by molar-refractivity contribution is 5.25. The van der Waals surface area contributed by atoms with E-state index >= 15 is 0 Å². The van der Waals surface area contributed by atoms with Gasteiger partial charge in [-0.15, -0.1) is 0 Å². The van der Waals surface area contributed by atoms with E-state index in [2.05, 4.69) is 57.3 Å². The molecule has 0 aliphatic heterocycles. The van der Waals surface area contributed by atoms with Crippen molar-refractivity contribution in [1.29, 1.82) is 0 Å². The number of unbranched alkanes of at least 4 members (excludes halogenated alkanes) is 5. The summed E-state index contributed by atoms with van der Waals surface area (Å²) < 4.78 is 0. The van der Waals surface area contributed by atoms with Gasteiger partial charge in [-0.25, -0.2) is 0 Å². The first-order chi connectivity index (χ1) is 10.2. The van der Waals surface area contributed by atoms with E-state index in [-0.39, 0.29) is 0 Å². The van der Waals surface area contributed by atoms with E-state index in [9.17, 15) is 0 Å². The minimum Gasteiger partial charge on any atom is -0.310 e. The fourth-order valence-electron chi connectivity index (χ4n) is 2.86. The molecule has 0 radical (unpaired) electrons. The number of hydrogen-bond donors (Lipinski definition) is 1. The SMILES string of the molecule is CCCCCCCCNC(c1ccc(CC)cc1)C(C)C. The molecule has 120 valence electrons. The molecule has 0 bridgehead atoms. The fraction of sp³-hybridized carbons (Fsp3) is 0.700. The topological polar surface area (TPSA) is 12.0 Å². The van der Waals surface area contributed by atoms with E-state index in [1.165, 1.54) is 49.7 Å². The van der Waals surface area contributed by atoms with Crippen LogP contribution >= 0.6 is 0 Å². The van der Waals surface area contributed by atoms with Crippen molar-refractivity contribution in [3.05, 3.63) is 35.4 Å². The van der Waals surface area contributed by atoms with E-state index in [0.717, 1.165) is 13.0 Å². The summed E-state index contributed by atoms with van der Waals surface area (Å²) in [6.45, 7) is 10.3. The van der Waals surface area contributed by atoms with Gasteiger partial charge in [0.05, 0.1) is 0 Å². The van der Waals surface area contributed by atoms with E-state index in [0.29, 0.717) is 12.0 Å². The zero-order valence-corrected chi connectivity index (χ0v) is 14.6. The molecule has 0 saturated carbocycles. The standard InChI is InChI=1S/C20H35N/c1-5-7-8-9-10-11-16-21-20(17(3)4)19-14-12-18(6-2)13-15-19/h12-15,17,20-21H,5-11,16H2,1-4H3. The van der Waals surface area contributed by atoms with Gasteiger partial charge in [0.25, 0.3) is 0 Å². The zero-order chi connectivity index (χ0) is 15.5. The molecule has 1 aromatic rings. The second-order valence-electron chi connectivity index (χ2n) is 6.54. The van der Waals surface area contributed by atoms with Gasteiger partial charge in [0, 0.05) is 6.04 Å². The summed E-state index contributed by atoms with van der Waals surface area (Å²) in [6, 6.07) is 9.65. The largest absolute Gasteiger partial charge is 0.310 e. The van der Waals surface area contributed by atoms with Crippen LogP contribution in [0.1, 0.15) is 83.4 Å². The second kappa shape index (κ2) is 10.8. The van der Waals surface area contributed by atoms with Crippen LogP contribution in [0.4, 0.5) is 0 Å². The van der Waals surface area contributed by atoms with Crippen molar-refractivity contribution in [3.63, 3.8) is 0 Å². The molecule has 1 heteroatoms. The fourth-order valence-corrected chi connectivity index (χ4v) is 2.86. The van der Waals surface area contributed by atoms with Gasteiger partial charge in [-0.1, -0.05) is 84.1 Å². The van der Waals surface area contributed by atoms with Gasteiger partial charge >= 0.3 is 0 Å². The average Bonchev–Trinajstić information content (AvgIpc) is 2.50. The lowest BCUT2D eigenvalue weighted by atomic mass is 9.94. The Morgan fingerprint density at radius 3 is 2.05 bits per heavy atom. The van der Waals surface area contributed by atoms with Crippen molar-refractivity contribution in [3.8, 4) is 0 Å². The maximum absolute atomic E-state index is 3.76. The van der Waals surface area contributed by atoms with Gasteiger partial charge in [-0.2, -0.15) is 0 Å². The lowest BCUT2D eigenvalue weighted by Crippen LogP contribution is -2.26. The minimum atomic E-state index is 0.492. The summed E-state index contributed by atoms with van der Waals surface area (Å²) in [7, 11) is 0. The predicted molar refractivity (Wildman–Crippen MR) is 94.8 cm³/mol. The van der Waals surface area contributed by atoms with Gasteiger partial charge in [0.2, 0.25) is 0 Å². The molecular formula is C20H35N. The number of aryl methyl sites for hydroxylation is 1. The molecule has 0 amide bonds. The van der Waals surface area contributed by atoms with Crippen LogP contribution in [-0.2, 0) is 6.42 Å². The van der Waals surface area contributed by atoms with Crippen molar-refractivity contribution in [2.45, 2.75) is 78.7 Å². The molecule has 1 aromatic carbocycles. The quantitative estimate of drug-likeness (QED) is 0.500. The molecule has 0 aliphatic carbocycles. The number of benzene rings is 1. The Morgan fingerprint density at radius 1 is 0.857 bits per heavy atom. The van der Waals surface area contributed by atoms with E-state index in [4.69, 9.17) is 0 Å². The first kappa shape index (κ1) is 18.2. The average molecular weight is 290 g/mol. The molecule has 0 aromatic heterocycles. The van der Waals surface area contributed by atoms with Gasteiger partial charge in [0.1, 0.15) is 0 Å². The number of rotatable bonds is 11. The maximum atomic E-state index is 3.76. The van der Waals surface area contributed by atoms with Crippen LogP contribution in [0.3, 0.4) is 0 Å². The Hall–Kier alpha value is -0.820. The smallest absolute Gasteiger partial charge is 0.0343 e. The van der Waals surface area contributed by atoms with Crippen molar-refractivity contribution in [2.24, 2.45) is 5.92 Å². The molecule has 1 atom stereocenters. The van der Waals surface area contributed by atoms with Gasteiger partial charge < -0.3 is 5.32 Å². The van der Waals surface area contributed by atoms with Gasteiger partial charge in [-0.05, 0) is 36.4 Å². The first-order valence-corrected chi connectivity index (χ1v) is 9.01. The third kappa shape index (κ3) is 7.13. The molecule has 1 rings (SSSR count). The molecule has 1 nitrogen and oxygen atoms in total. The first-order valence-electron chi connectivity index (χ1n) is 9.01. The van der Waals surface area contributed by atoms with Crippen LogP contribution in [0.2, 0.25) is 0 Å². The van der Waals surface area contributed by atoms with Crippen LogP contribution < -0.4 is 5.32 Å². The van der Waals surface area contributed by atoms with Crippen molar-refractivity contribution < 1.29 is 0 Å². The predicted octanol–water partition coefficient (Wildman–Crippen LogP) is 5.90. The van der Waals surface area contributed by atoms with Crippen LogP contribution in [0.25, 0.3) is 0 Å². The molecule has 0 spiro atoms. The molecule has 1 unspecified atom stereocenters. The zero-order valence-electron chi connectivity index (χ0n) is 14.6. The molecule has 0 saturated heterocycles. The van der Waals surface area contributed by atoms with E-state index < -0.39 is 0 Å². The Balaban J connectivity index is 2.36. The molecule has 0 heterocycles. The van der Waals surface area contributed by atoms with E-state index in [1.54, 1.807) is 0 Å². The Morgan fingerprint density at radius 2 is 1.48 bits per heavy atom. The highest BCUT2D eigenvalue weighted by atomic mass is 14.9. The summed E-state index contributed by atoms with van der Waals surface area (Å²) in [6.07, 6.45) is 9.33. The molecule has 0 aliphatic rings. The molecule has 0 fully saturated rings. The van der Waals surface area contributed by atoms with Crippen LogP contribution in [-0.4, -0.2) is 6.54 Å². The summed E-state index contributed by atoms with van der Waals surface area (Å²) in [5, 5.41) is 3.76. The third-order valence-corrected chi connectivity index (χ3v) is 4.31.